The molecule has 1 aliphatic heterocycles. The minimum Gasteiger partial charge on any atom is -0.312 e. The second-order valence-electron chi connectivity index (χ2n) is 7.66. The molecule has 0 unspecified atom stereocenters. The van der Waals surface area contributed by atoms with E-state index in [4.69, 9.17) is 0 Å². The Morgan fingerprint density at radius 2 is 1.96 bits per heavy atom. The summed E-state index contributed by atoms with van der Waals surface area (Å²) in [6.07, 6.45) is 8.29. The Hall–Kier alpha value is -2.47. The first-order chi connectivity index (χ1) is 13.7. The molecule has 1 amide bonds. The number of thiophene rings is 1. The first-order valence-electron chi connectivity index (χ1n) is 10.1. The van der Waals surface area contributed by atoms with Crippen LogP contribution in [-0.2, 0) is 30.6 Å². The molecule has 0 atom stereocenters. The number of fused-ring (bicyclic) bond motifs is 4. The molecule has 0 fully saturated rings. The Balaban J connectivity index is 1.39. The molecule has 6 heteroatoms. The van der Waals surface area contributed by atoms with E-state index in [1.54, 1.807) is 22.2 Å². The van der Waals surface area contributed by atoms with Gasteiger partial charge in [0.2, 0.25) is 5.91 Å². The first kappa shape index (κ1) is 17.6. The van der Waals surface area contributed by atoms with E-state index < -0.39 is 0 Å². The monoisotopic (exact) mass is 393 g/mol. The summed E-state index contributed by atoms with van der Waals surface area (Å²) >= 11 is 1.66. The highest BCUT2D eigenvalue weighted by Crippen LogP contribution is 2.33. The first-order valence-corrected chi connectivity index (χ1v) is 10.9. The van der Waals surface area contributed by atoms with Crippen LogP contribution in [0, 0.1) is 0 Å². The average molecular weight is 394 g/mol. The van der Waals surface area contributed by atoms with Crippen molar-refractivity contribution < 1.29 is 4.79 Å². The van der Waals surface area contributed by atoms with Crippen molar-refractivity contribution >= 4 is 33.1 Å². The fraction of sp³-hybridized carbons (Fsp3) is 0.409. The van der Waals surface area contributed by atoms with Gasteiger partial charge in [-0.2, -0.15) is 0 Å². The van der Waals surface area contributed by atoms with Gasteiger partial charge in [-0.3, -0.25) is 14.2 Å². The van der Waals surface area contributed by atoms with Crippen LogP contribution in [0.15, 0.2) is 35.4 Å². The van der Waals surface area contributed by atoms with Gasteiger partial charge in [0.25, 0.3) is 5.56 Å². The lowest BCUT2D eigenvalue weighted by molar-refractivity contribution is -0.118. The van der Waals surface area contributed by atoms with Gasteiger partial charge in [-0.05, 0) is 55.7 Å². The average Bonchev–Trinajstić information content (AvgIpc) is 3.12. The Bertz CT molecular complexity index is 1110. The molecule has 28 heavy (non-hydrogen) atoms. The summed E-state index contributed by atoms with van der Waals surface area (Å²) in [5, 5.41) is 0.790. The number of aryl methyl sites for hydroxylation is 4. The summed E-state index contributed by atoms with van der Waals surface area (Å²) in [6, 6.07) is 8.11. The summed E-state index contributed by atoms with van der Waals surface area (Å²) in [7, 11) is 0. The van der Waals surface area contributed by atoms with Crippen LogP contribution < -0.4 is 10.5 Å². The Morgan fingerprint density at radius 1 is 1.11 bits per heavy atom. The van der Waals surface area contributed by atoms with Crippen molar-refractivity contribution in [2.45, 2.75) is 51.5 Å². The molecule has 5 nitrogen and oxygen atoms in total. The van der Waals surface area contributed by atoms with E-state index in [1.165, 1.54) is 22.4 Å². The largest absolute Gasteiger partial charge is 0.312 e. The van der Waals surface area contributed by atoms with E-state index in [2.05, 4.69) is 11.1 Å². The maximum atomic E-state index is 13.1. The van der Waals surface area contributed by atoms with Crippen molar-refractivity contribution in [1.82, 2.24) is 9.55 Å². The van der Waals surface area contributed by atoms with Crippen LogP contribution >= 0.6 is 11.3 Å². The van der Waals surface area contributed by atoms with Crippen LogP contribution in [-0.4, -0.2) is 22.0 Å². The van der Waals surface area contributed by atoms with Crippen LogP contribution in [0.25, 0.3) is 10.2 Å². The van der Waals surface area contributed by atoms with E-state index >= 15 is 0 Å². The second kappa shape index (κ2) is 7.17. The summed E-state index contributed by atoms with van der Waals surface area (Å²) < 4.78 is 1.62. The number of aromatic nitrogens is 2. The van der Waals surface area contributed by atoms with Gasteiger partial charge >= 0.3 is 0 Å². The van der Waals surface area contributed by atoms with Gasteiger partial charge in [0, 0.05) is 30.1 Å². The topological polar surface area (TPSA) is 55.2 Å². The van der Waals surface area contributed by atoms with E-state index in [-0.39, 0.29) is 11.5 Å². The zero-order chi connectivity index (χ0) is 19.1. The fourth-order valence-corrected chi connectivity index (χ4v) is 5.70. The van der Waals surface area contributed by atoms with E-state index in [1.807, 2.05) is 23.1 Å². The summed E-state index contributed by atoms with van der Waals surface area (Å²) in [5.41, 5.74) is 3.46. The molecule has 1 aromatic carbocycles. The zero-order valence-electron chi connectivity index (χ0n) is 15.8. The quantitative estimate of drug-likeness (QED) is 0.682. The Kier molecular flexibility index (Phi) is 4.51. The van der Waals surface area contributed by atoms with Crippen molar-refractivity contribution in [2.24, 2.45) is 0 Å². The molecule has 3 aromatic rings. The molecule has 2 aromatic heterocycles. The van der Waals surface area contributed by atoms with Gasteiger partial charge in [0.1, 0.15) is 4.83 Å². The molecule has 1 aliphatic carbocycles. The SMILES string of the molecule is O=C(CCn1cnc2sc3c(c2c1=O)CCCC3)N1CCCc2ccccc21. The minimum absolute atomic E-state index is 0.0104. The number of nitrogens with zero attached hydrogens (tertiary/aromatic N) is 3. The molecule has 0 saturated heterocycles. The third kappa shape index (κ3) is 2.96. The van der Waals surface area contributed by atoms with E-state index in [0.717, 1.165) is 54.6 Å². The fourth-order valence-electron chi connectivity index (χ4n) is 4.48. The third-order valence-corrected chi connectivity index (χ3v) is 7.12. The lowest BCUT2D eigenvalue weighted by Gasteiger charge is -2.29. The molecule has 0 spiro atoms. The molecule has 144 valence electrons. The van der Waals surface area contributed by atoms with Gasteiger partial charge in [-0.25, -0.2) is 4.98 Å². The number of carbonyl (C=O) groups excluding carboxylic acids is 1. The molecule has 2 aliphatic rings. The molecule has 5 rings (SSSR count). The summed E-state index contributed by atoms with van der Waals surface area (Å²) in [4.78, 5) is 34.5. The Morgan fingerprint density at radius 3 is 2.89 bits per heavy atom. The number of hydrogen-bond acceptors (Lipinski definition) is 4. The number of hydrogen-bond donors (Lipinski definition) is 0. The van der Waals surface area contributed by atoms with Gasteiger partial charge < -0.3 is 4.90 Å². The normalized spacial score (nSPS) is 16.1. The van der Waals surface area contributed by atoms with Crippen molar-refractivity contribution in [3.8, 4) is 0 Å². The molecule has 0 radical (unpaired) electrons. The van der Waals surface area contributed by atoms with Crippen molar-refractivity contribution in [3.05, 3.63) is 57.0 Å². The highest BCUT2D eigenvalue weighted by atomic mass is 32.1. The van der Waals surface area contributed by atoms with Crippen LogP contribution in [0.1, 0.15) is 41.7 Å². The Labute approximate surface area is 167 Å². The summed E-state index contributed by atoms with van der Waals surface area (Å²) in [5.74, 6) is 0.0755. The second-order valence-corrected chi connectivity index (χ2v) is 8.75. The maximum Gasteiger partial charge on any atom is 0.262 e. The highest BCUT2D eigenvalue weighted by molar-refractivity contribution is 7.18. The van der Waals surface area contributed by atoms with Crippen LogP contribution in [0.2, 0.25) is 0 Å². The number of benzene rings is 1. The third-order valence-electron chi connectivity index (χ3n) is 5.92. The van der Waals surface area contributed by atoms with E-state index in [9.17, 15) is 9.59 Å². The van der Waals surface area contributed by atoms with Gasteiger partial charge in [0.15, 0.2) is 0 Å². The number of anilines is 1. The molecule has 0 bridgehead atoms. The standard InChI is InChI=1S/C22H23N3O2S/c26-19(25-12-5-7-15-6-1-3-9-17(15)25)11-13-24-14-23-21-20(22(24)27)16-8-2-4-10-18(16)28-21/h1,3,6,9,14H,2,4-5,7-8,10-13H2. The highest BCUT2D eigenvalue weighted by Gasteiger charge is 2.23. The predicted molar refractivity (Wildman–Crippen MR) is 112 cm³/mol. The van der Waals surface area contributed by atoms with Crippen LogP contribution in [0.3, 0.4) is 0 Å². The smallest absolute Gasteiger partial charge is 0.262 e. The van der Waals surface area contributed by atoms with Crippen molar-refractivity contribution in [1.29, 1.82) is 0 Å². The van der Waals surface area contributed by atoms with Gasteiger partial charge in [-0.1, -0.05) is 18.2 Å². The van der Waals surface area contributed by atoms with Crippen LogP contribution in [0.4, 0.5) is 5.69 Å². The minimum atomic E-state index is 0.0104. The molecule has 0 saturated carbocycles. The van der Waals surface area contributed by atoms with Gasteiger partial charge in [-0.15, -0.1) is 11.3 Å². The van der Waals surface area contributed by atoms with Crippen LogP contribution in [0.5, 0.6) is 0 Å². The number of amides is 1. The number of para-hydroxylation sites is 1. The van der Waals surface area contributed by atoms with E-state index in [0.29, 0.717) is 13.0 Å². The molecule has 0 N–H and O–H groups in total. The number of carbonyl (C=O) groups is 1. The van der Waals surface area contributed by atoms with Crippen molar-refractivity contribution in [2.75, 3.05) is 11.4 Å². The van der Waals surface area contributed by atoms with Crippen molar-refractivity contribution in [3.63, 3.8) is 0 Å². The molecular formula is C22H23N3O2S. The summed E-state index contributed by atoms with van der Waals surface area (Å²) in [6.45, 7) is 1.13. The zero-order valence-corrected chi connectivity index (χ0v) is 16.6. The predicted octanol–water partition coefficient (Wildman–Crippen LogP) is 3.71. The number of rotatable bonds is 3. The lowest BCUT2D eigenvalue weighted by Crippen LogP contribution is -2.36. The maximum absolute atomic E-state index is 13.1. The lowest BCUT2D eigenvalue weighted by atomic mass is 9.97. The molecule has 3 heterocycles. The van der Waals surface area contributed by atoms with Gasteiger partial charge in [0.05, 0.1) is 11.7 Å². The molecular weight excluding hydrogens is 370 g/mol.